The number of hydrogen-bond acceptors (Lipinski definition) is 5. The van der Waals surface area contributed by atoms with Gasteiger partial charge in [0.05, 0.1) is 30.9 Å². The van der Waals surface area contributed by atoms with E-state index >= 15 is 0 Å². The highest BCUT2D eigenvalue weighted by Crippen LogP contribution is 2.58. The fourth-order valence-electron chi connectivity index (χ4n) is 7.04. The van der Waals surface area contributed by atoms with E-state index in [4.69, 9.17) is 5.10 Å². The van der Waals surface area contributed by atoms with E-state index in [0.717, 1.165) is 31.7 Å². The lowest BCUT2D eigenvalue weighted by Gasteiger charge is -2.40. The van der Waals surface area contributed by atoms with Crippen LogP contribution in [-0.4, -0.2) is 58.9 Å². The SMILES string of the molecule is C[C@@H]1CN2CC(=O)N3CC4(Cc5ccccc5C4c4cnn(c4)C[C@H]2CN1)c1ccc(C#N)cc13. The maximum absolute atomic E-state index is 14.0. The summed E-state index contributed by atoms with van der Waals surface area (Å²) in [7, 11) is 0. The first-order chi connectivity index (χ1) is 17.1. The normalized spacial score (nSPS) is 29.3. The standard InChI is InChI=1S/C28H28N6O/c1-18-13-32-16-26(35)34-17-28(24-7-6-19(10-29)8-25(24)34)9-20-4-2-3-5-23(20)27(28)21-11-31-33(14-21)15-22(32)12-30-18/h2-8,11,14,18,22,27,30H,9,12-13,15-17H2,1H3/t18-,22-,27?,28?/m1/s1. The number of benzene rings is 2. The molecule has 0 radical (unpaired) electrons. The number of hydrogen-bond donors (Lipinski definition) is 1. The molecule has 4 bridgehead atoms. The maximum atomic E-state index is 14.0. The summed E-state index contributed by atoms with van der Waals surface area (Å²) in [6.07, 6.45) is 5.12. The van der Waals surface area contributed by atoms with Crippen molar-refractivity contribution in [1.29, 1.82) is 5.26 Å². The Morgan fingerprint density at radius 1 is 1.20 bits per heavy atom. The van der Waals surface area contributed by atoms with Crippen molar-refractivity contribution >= 4 is 11.6 Å². The van der Waals surface area contributed by atoms with Crippen LogP contribution in [0.1, 0.15) is 40.7 Å². The Balaban J connectivity index is 1.45. The maximum Gasteiger partial charge on any atom is 0.241 e. The quantitative estimate of drug-likeness (QED) is 0.553. The van der Waals surface area contributed by atoms with Crippen LogP contribution in [0.5, 0.6) is 0 Å². The summed E-state index contributed by atoms with van der Waals surface area (Å²) in [5.74, 6) is 0.224. The van der Waals surface area contributed by atoms with Crippen LogP contribution in [0, 0.1) is 11.3 Å². The number of anilines is 1. The van der Waals surface area contributed by atoms with Gasteiger partial charge in [-0.1, -0.05) is 30.3 Å². The van der Waals surface area contributed by atoms with Crippen molar-refractivity contribution in [1.82, 2.24) is 20.0 Å². The molecule has 176 valence electrons. The monoisotopic (exact) mass is 464 g/mol. The lowest BCUT2D eigenvalue weighted by Crippen LogP contribution is -2.59. The summed E-state index contributed by atoms with van der Waals surface area (Å²) in [5, 5.41) is 18.0. The molecule has 1 aliphatic carbocycles. The second-order valence-electron chi connectivity index (χ2n) is 10.7. The highest BCUT2D eigenvalue weighted by atomic mass is 16.2. The zero-order valence-corrected chi connectivity index (χ0v) is 19.8. The summed E-state index contributed by atoms with van der Waals surface area (Å²) in [4.78, 5) is 18.3. The van der Waals surface area contributed by atoms with Crippen LogP contribution in [0.3, 0.4) is 0 Å². The van der Waals surface area contributed by atoms with Gasteiger partial charge in [0.15, 0.2) is 0 Å². The molecule has 1 N–H and O–H groups in total. The molecule has 7 rings (SSSR count). The molecular formula is C28H28N6O. The molecule has 2 unspecified atom stereocenters. The molecule has 1 amide bonds. The predicted molar refractivity (Wildman–Crippen MR) is 132 cm³/mol. The fourth-order valence-corrected chi connectivity index (χ4v) is 7.04. The van der Waals surface area contributed by atoms with Crippen molar-refractivity contribution in [3.8, 4) is 6.07 Å². The first-order valence-electron chi connectivity index (χ1n) is 12.5. The van der Waals surface area contributed by atoms with Gasteiger partial charge in [-0.3, -0.25) is 14.4 Å². The number of aromatic nitrogens is 2. The van der Waals surface area contributed by atoms with Gasteiger partial charge in [0.1, 0.15) is 0 Å². The first kappa shape index (κ1) is 20.9. The number of fused-ring (bicyclic) bond motifs is 9. The van der Waals surface area contributed by atoms with Gasteiger partial charge in [0.2, 0.25) is 5.91 Å². The molecule has 7 nitrogen and oxygen atoms in total. The minimum absolute atomic E-state index is 0.108. The minimum atomic E-state index is -0.272. The first-order valence-corrected chi connectivity index (χ1v) is 12.5. The third kappa shape index (κ3) is 3.03. The van der Waals surface area contributed by atoms with E-state index in [1.807, 2.05) is 23.2 Å². The van der Waals surface area contributed by atoms with E-state index in [0.29, 0.717) is 24.7 Å². The van der Waals surface area contributed by atoms with Crippen LogP contribution in [0.2, 0.25) is 0 Å². The number of nitrogens with one attached hydrogen (secondary N) is 1. The molecule has 1 fully saturated rings. The van der Waals surface area contributed by atoms with E-state index in [1.54, 1.807) is 0 Å². The summed E-state index contributed by atoms with van der Waals surface area (Å²) in [5.41, 5.74) is 6.25. The Hall–Kier alpha value is -3.47. The minimum Gasteiger partial charge on any atom is -0.311 e. The van der Waals surface area contributed by atoms with E-state index in [-0.39, 0.29) is 23.3 Å². The Labute approximate surface area is 204 Å². The molecule has 1 spiro atoms. The van der Waals surface area contributed by atoms with Crippen LogP contribution in [-0.2, 0) is 23.2 Å². The zero-order chi connectivity index (χ0) is 23.7. The second kappa shape index (κ2) is 7.51. The highest BCUT2D eigenvalue weighted by Gasteiger charge is 2.55. The van der Waals surface area contributed by atoms with E-state index in [9.17, 15) is 10.1 Å². The van der Waals surface area contributed by atoms with Crippen LogP contribution in [0.4, 0.5) is 5.69 Å². The molecular weight excluding hydrogens is 436 g/mol. The van der Waals surface area contributed by atoms with Crippen molar-refractivity contribution in [2.45, 2.75) is 43.3 Å². The van der Waals surface area contributed by atoms with Crippen LogP contribution in [0.25, 0.3) is 0 Å². The molecule has 4 aliphatic rings. The smallest absolute Gasteiger partial charge is 0.241 e. The molecule has 4 atom stereocenters. The van der Waals surface area contributed by atoms with Crippen molar-refractivity contribution in [2.75, 3.05) is 31.1 Å². The third-order valence-electron chi connectivity index (χ3n) is 8.57. The number of amides is 1. The van der Waals surface area contributed by atoms with E-state index < -0.39 is 0 Å². The van der Waals surface area contributed by atoms with Gasteiger partial charge in [0, 0.05) is 54.9 Å². The molecule has 4 heterocycles. The largest absolute Gasteiger partial charge is 0.311 e. The number of nitriles is 1. The van der Waals surface area contributed by atoms with Crippen molar-refractivity contribution in [2.24, 2.45) is 0 Å². The molecule has 1 aromatic heterocycles. The highest BCUT2D eigenvalue weighted by molar-refractivity contribution is 5.98. The molecule has 7 heteroatoms. The number of carbonyl (C=O) groups is 1. The van der Waals surface area contributed by atoms with Gasteiger partial charge < -0.3 is 10.2 Å². The van der Waals surface area contributed by atoms with Crippen LogP contribution < -0.4 is 10.2 Å². The summed E-state index contributed by atoms with van der Waals surface area (Å²) in [6, 6.07) is 17.4. The van der Waals surface area contributed by atoms with Gasteiger partial charge in [-0.25, -0.2) is 0 Å². The Morgan fingerprint density at radius 3 is 2.97 bits per heavy atom. The molecule has 3 aromatic rings. The Bertz CT molecular complexity index is 1390. The summed E-state index contributed by atoms with van der Waals surface area (Å²) < 4.78 is 2.07. The van der Waals surface area contributed by atoms with E-state index in [1.165, 1.54) is 22.3 Å². The van der Waals surface area contributed by atoms with Crippen molar-refractivity contribution in [3.05, 3.63) is 82.7 Å². The molecule has 3 aliphatic heterocycles. The predicted octanol–water partition coefficient (Wildman–Crippen LogP) is 2.40. The number of piperazine rings is 1. The van der Waals surface area contributed by atoms with E-state index in [2.05, 4.69) is 64.4 Å². The lowest BCUT2D eigenvalue weighted by atomic mass is 9.70. The topological polar surface area (TPSA) is 77.2 Å². The number of nitrogens with zero attached hydrogens (tertiary/aromatic N) is 5. The van der Waals surface area contributed by atoms with Gasteiger partial charge in [-0.15, -0.1) is 0 Å². The molecule has 2 aromatic carbocycles. The van der Waals surface area contributed by atoms with Crippen LogP contribution >= 0.6 is 0 Å². The molecule has 1 saturated heterocycles. The summed E-state index contributed by atoms with van der Waals surface area (Å²) in [6.45, 7) is 5.56. The average molecular weight is 465 g/mol. The molecule has 35 heavy (non-hydrogen) atoms. The number of rotatable bonds is 0. The summed E-state index contributed by atoms with van der Waals surface area (Å²) >= 11 is 0. The Morgan fingerprint density at radius 2 is 2.09 bits per heavy atom. The number of carbonyl (C=O) groups excluding carboxylic acids is 1. The van der Waals surface area contributed by atoms with Gasteiger partial charge in [-0.05, 0) is 47.7 Å². The van der Waals surface area contributed by atoms with Gasteiger partial charge >= 0.3 is 0 Å². The van der Waals surface area contributed by atoms with Gasteiger partial charge in [-0.2, -0.15) is 10.4 Å². The lowest BCUT2D eigenvalue weighted by molar-refractivity contribution is -0.120. The van der Waals surface area contributed by atoms with Gasteiger partial charge in [0.25, 0.3) is 0 Å². The third-order valence-corrected chi connectivity index (χ3v) is 8.57. The van der Waals surface area contributed by atoms with Crippen LogP contribution in [0.15, 0.2) is 54.9 Å². The molecule has 0 saturated carbocycles. The Kier molecular flexibility index (Phi) is 4.48. The second-order valence-corrected chi connectivity index (χ2v) is 10.7. The fraction of sp³-hybridized carbons (Fsp3) is 0.393. The van der Waals surface area contributed by atoms with Crippen molar-refractivity contribution < 1.29 is 4.79 Å². The average Bonchev–Trinajstić information content (AvgIpc) is 3.54. The van der Waals surface area contributed by atoms with Crippen molar-refractivity contribution in [3.63, 3.8) is 0 Å². The zero-order valence-electron chi connectivity index (χ0n) is 19.8.